The molecule has 0 saturated heterocycles. The monoisotopic (exact) mass is 284 g/mol. The fourth-order valence-electron chi connectivity index (χ4n) is 3.34. The van der Waals surface area contributed by atoms with Gasteiger partial charge in [-0.25, -0.2) is 4.39 Å². The molecule has 0 spiro atoms. The van der Waals surface area contributed by atoms with Gasteiger partial charge in [-0.3, -0.25) is 4.98 Å². The molecule has 110 valence electrons. The summed E-state index contributed by atoms with van der Waals surface area (Å²) in [4.78, 5) is 4.60. The summed E-state index contributed by atoms with van der Waals surface area (Å²) < 4.78 is 13.5. The number of benzene rings is 1. The summed E-state index contributed by atoms with van der Waals surface area (Å²) in [6, 6.07) is 9.81. The molecule has 1 aliphatic carbocycles. The summed E-state index contributed by atoms with van der Waals surface area (Å²) in [5.41, 5.74) is 4.41. The lowest BCUT2D eigenvalue weighted by Gasteiger charge is -2.25. The summed E-state index contributed by atoms with van der Waals surface area (Å²) >= 11 is 0. The number of nitrogens with zero attached hydrogens (tertiary/aromatic N) is 1. The zero-order chi connectivity index (χ0) is 14.8. The van der Waals surface area contributed by atoms with Gasteiger partial charge < -0.3 is 5.32 Å². The molecule has 0 radical (unpaired) electrons. The molecule has 1 N–H and O–H groups in total. The number of hydrogen-bond acceptors (Lipinski definition) is 2. The Labute approximate surface area is 125 Å². The van der Waals surface area contributed by atoms with Crippen LogP contribution < -0.4 is 5.32 Å². The predicted octanol–water partition coefficient (Wildman–Crippen LogP) is 3.91. The Morgan fingerprint density at radius 3 is 3.00 bits per heavy atom. The van der Waals surface area contributed by atoms with Gasteiger partial charge in [0, 0.05) is 23.9 Å². The third-order valence-electron chi connectivity index (χ3n) is 4.37. The minimum Gasteiger partial charge on any atom is -0.310 e. The van der Waals surface area contributed by atoms with Crippen molar-refractivity contribution in [1.29, 1.82) is 0 Å². The first kappa shape index (κ1) is 14.2. The molecule has 3 rings (SSSR count). The first-order valence-electron chi connectivity index (χ1n) is 7.64. The van der Waals surface area contributed by atoms with E-state index in [9.17, 15) is 4.39 Å². The van der Waals surface area contributed by atoms with E-state index in [0.29, 0.717) is 11.5 Å². The third-order valence-corrected chi connectivity index (χ3v) is 4.37. The van der Waals surface area contributed by atoms with Crippen molar-refractivity contribution in [2.75, 3.05) is 6.54 Å². The average molecular weight is 284 g/mol. The van der Waals surface area contributed by atoms with E-state index in [1.165, 1.54) is 11.3 Å². The number of aryl methyl sites for hydroxylation is 2. The van der Waals surface area contributed by atoms with Crippen molar-refractivity contribution in [1.82, 2.24) is 10.3 Å². The molecule has 0 fully saturated rings. The van der Waals surface area contributed by atoms with Gasteiger partial charge >= 0.3 is 0 Å². The molecule has 0 amide bonds. The molecule has 3 heteroatoms. The second kappa shape index (κ2) is 5.94. The van der Waals surface area contributed by atoms with Crippen LogP contribution in [0, 0.1) is 12.7 Å². The summed E-state index contributed by atoms with van der Waals surface area (Å²) in [5, 5.41) is 3.57. The Hall–Kier alpha value is -1.74. The molecular weight excluding hydrogens is 263 g/mol. The summed E-state index contributed by atoms with van der Waals surface area (Å²) in [7, 11) is 0. The minimum atomic E-state index is -0.140. The van der Waals surface area contributed by atoms with E-state index in [2.05, 4.69) is 23.3 Å². The van der Waals surface area contributed by atoms with E-state index in [-0.39, 0.29) is 11.9 Å². The highest BCUT2D eigenvalue weighted by Gasteiger charge is 2.31. The third kappa shape index (κ3) is 2.70. The lowest BCUT2D eigenvalue weighted by atomic mass is 9.90. The number of hydrogen-bond donors (Lipinski definition) is 1. The number of likely N-dealkylation sites (N-methyl/N-ethyl adjacent to an activating group) is 1. The number of rotatable bonds is 4. The van der Waals surface area contributed by atoms with E-state index in [1.54, 1.807) is 6.07 Å². The van der Waals surface area contributed by atoms with E-state index in [0.717, 1.165) is 24.9 Å². The van der Waals surface area contributed by atoms with Crippen molar-refractivity contribution in [3.8, 4) is 0 Å². The van der Waals surface area contributed by atoms with Crippen LogP contribution in [0.15, 0.2) is 36.5 Å². The first-order valence-corrected chi connectivity index (χ1v) is 7.64. The van der Waals surface area contributed by atoms with E-state index < -0.39 is 0 Å². The lowest BCUT2D eigenvalue weighted by Crippen LogP contribution is -2.26. The highest BCUT2D eigenvalue weighted by atomic mass is 19.1. The maximum Gasteiger partial charge on any atom is 0.126 e. The quantitative estimate of drug-likeness (QED) is 0.920. The van der Waals surface area contributed by atoms with Crippen molar-refractivity contribution in [2.24, 2.45) is 0 Å². The molecule has 1 aromatic carbocycles. The van der Waals surface area contributed by atoms with Crippen LogP contribution in [0.3, 0.4) is 0 Å². The van der Waals surface area contributed by atoms with Gasteiger partial charge in [0.05, 0.1) is 0 Å². The highest BCUT2D eigenvalue weighted by Crippen LogP contribution is 2.40. The van der Waals surface area contributed by atoms with Crippen molar-refractivity contribution < 1.29 is 4.39 Å². The van der Waals surface area contributed by atoms with E-state index in [4.69, 9.17) is 0 Å². The second-order valence-electron chi connectivity index (χ2n) is 5.74. The Morgan fingerprint density at radius 2 is 2.24 bits per heavy atom. The van der Waals surface area contributed by atoms with Crippen molar-refractivity contribution in [2.45, 2.75) is 38.6 Å². The molecule has 21 heavy (non-hydrogen) atoms. The molecule has 0 bridgehead atoms. The number of halogens is 1. The molecule has 0 aliphatic heterocycles. The maximum atomic E-state index is 13.5. The molecular formula is C18H21FN2. The number of aromatic nitrogens is 1. The standard InChI is InChI=1S/C18H21FN2/c1-3-20-18(14-7-9-16(19)12(2)11-14)15-8-6-13-5-4-10-21-17(13)15/h4-5,7,9-11,15,18,20H,3,6,8H2,1-2H3. The van der Waals surface area contributed by atoms with Gasteiger partial charge in [0.25, 0.3) is 0 Å². The fourth-order valence-corrected chi connectivity index (χ4v) is 3.34. The van der Waals surface area contributed by atoms with Gasteiger partial charge in [-0.2, -0.15) is 0 Å². The normalized spacial score (nSPS) is 18.5. The summed E-state index contributed by atoms with van der Waals surface area (Å²) in [6.07, 6.45) is 4.05. The van der Waals surface area contributed by atoms with Crippen molar-refractivity contribution in [3.63, 3.8) is 0 Å². The van der Waals surface area contributed by atoms with Crippen molar-refractivity contribution >= 4 is 0 Å². The molecule has 2 unspecified atom stereocenters. The van der Waals surface area contributed by atoms with Gasteiger partial charge in [0.2, 0.25) is 0 Å². The van der Waals surface area contributed by atoms with Crippen LogP contribution in [-0.2, 0) is 6.42 Å². The smallest absolute Gasteiger partial charge is 0.126 e. The minimum absolute atomic E-state index is 0.140. The predicted molar refractivity (Wildman–Crippen MR) is 82.9 cm³/mol. The largest absolute Gasteiger partial charge is 0.310 e. The first-order chi connectivity index (χ1) is 10.2. The van der Waals surface area contributed by atoms with Crippen LogP contribution >= 0.6 is 0 Å². The highest BCUT2D eigenvalue weighted by molar-refractivity contribution is 5.35. The van der Waals surface area contributed by atoms with Crippen LogP contribution in [-0.4, -0.2) is 11.5 Å². The summed E-state index contributed by atoms with van der Waals surface area (Å²) in [5.74, 6) is 0.227. The van der Waals surface area contributed by atoms with Crippen molar-refractivity contribution in [3.05, 3.63) is 64.7 Å². The van der Waals surface area contributed by atoms with E-state index >= 15 is 0 Å². The number of fused-ring (bicyclic) bond motifs is 1. The SMILES string of the molecule is CCNC(c1ccc(F)c(C)c1)C1CCc2cccnc21. The van der Waals surface area contributed by atoms with E-state index in [1.807, 2.05) is 31.3 Å². The van der Waals surface area contributed by atoms with Gasteiger partial charge in [0.15, 0.2) is 0 Å². The molecule has 2 atom stereocenters. The fraction of sp³-hybridized carbons (Fsp3) is 0.389. The van der Waals surface area contributed by atoms with Crippen LogP contribution in [0.5, 0.6) is 0 Å². The Bertz CT molecular complexity index is 639. The second-order valence-corrected chi connectivity index (χ2v) is 5.74. The molecule has 1 aromatic heterocycles. The summed E-state index contributed by atoms with van der Waals surface area (Å²) in [6.45, 7) is 4.82. The van der Waals surface area contributed by atoms with Gasteiger partial charge in [-0.05, 0) is 55.1 Å². The Kier molecular flexibility index (Phi) is 4.02. The molecule has 2 aromatic rings. The molecule has 0 saturated carbocycles. The van der Waals surface area contributed by atoms with Crippen LogP contribution in [0.2, 0.25) is 0 Å². The lowest BCUT2D eigenvalue weighted by molar-refractivity contribution is 0.446. The topological polar surface area (TPSA) is 24.9 Å². The van der Waals surface area contributed by atoms with Crippen LogP contribution in [0.25, 0.3) is 0 Å². The number of nitrogens with one attached hydrogen (secondary N) is 1. The van der Waals surface area contributed by atoms with Crippen LogP contribution in [0.4, 0.5) is 4.39 Å². The molecule has 2 nitrogen and oxygen atoms in total. The molecule has 1 aliphatic rings. The van der Waals surface area contributed by atoms with Gasteiger partial charge in [-0.1, -0.05) is 25.1 Å². The molecule has 1 heterocycles. The van der Waals surface area contributed by atoms with Gasteiger partial charge in [-0.15, -0.1) is 0 Å². The number of pyridine rings is 1. The Morgan fingerprint density at radius 1 is 1.38 bits per heavy atom. The van der Waals surface area contributed by atoms with Crippen LogP contribution in [0.1, 0.15) is 47.7 Å². The maximum absolute atomic E-state index is 13.5. The zero-order valence-electron chi connectivity index (χ0n) is 12.6. The average Bonchev–Trinajstić information content (AvgIpc) is 2.92. The van der Waals surface area contributed by atoms with Gasteiger partial charge in [0.1, 0.15) is 5.82 Å². The Balaban J connectivity index is 1.97. The zero-order valence-corrected chi connectivity index (χ0v) is 12.6.